The van der Waals surface area contributed by atoms with Crippen LogP contribution in [0.5, 0.6) is 0 Å². The Bertz CT molecular complexity index is 714. The number of halogens is 1. The van der Waals surface area contributed by atoms with Gasteiger partial charge in [-0.05, 0) is 43.0 Å². The average Bonchev–Trinajstić information content (AvgIpc) is 2.65. The molecule has 3 rings (SSSR count). The zero-order valence-corrected chi connectivity index (χ0v) is 14.8. The van der Waals surface area contributed by atoms with E-state index in [9.17, 15) is 9.18 Å². The molecule has 0 spiro atoms. The molecule has 2 aromatic rings. The monoisotopic (exact) mass is 356 g/mol. The third kappa shape index (κ3) is 5.44. The number of anilines is 2. The van der Waals surface area contributed by atoms with E-state index in [-0.39, 0.29) is 17.9 Å². The molecule has 1 aliphatic rings. The first-order chi connectivity index (χ1) is 12.7. The summed E-state index contributed by atoms with van der Waals surface area (Å²) in [6.07, 6.45) is 7.92. The van der Waals surface area contributed by atoms with Gasteiger partial charge in [0.25, 0.3) is 0 Å². The van der Waals surface area contributed by atoms with Gasteiger partial charge in [0, 0.05) is 12.6 Å². The van der Waals surface area contributed by atoms with Crippen LogP contribution in [-0.2, 0) is 6.42 Å². The van der Waals surface area contributed by atoms with Crippen LogP contribution < -0.4 is 16.0 Å². The maximum absolute atomic E-state index is 13.6. The van der Waals surface area contributed by atoms with Crippen molar-refractivity contribution in [3.63, 3.8) is 0 Å². The first-order valence-electron chi connectivity index (χ1n) is 9.21. The van der Waals surface area contributed by atoms with Gasteiger partial charge in [-0.3, -0.25) is 0 Å². The Morgan fingerprint density at radius 3 is 2.65 bits per heavy atom. The second-order valence-corrected chi connectivity index (χ2v) is 6.63. The topological polar surface area (TPSA) is 66.0 Å². The summed E-state index contributed by atoms with van der Waals surface area (Å²) in [6.45, 7) is 0.586. The van der Waals surface area contributed by atoms with Crippen molar-refractivity contribution in [1.82, 2.24) is 10.3 Å². The number of rotatable bonds is 6. The average molecular weight is 356 g/mol. The molecule has 2 amide bonds. The number of hydrogen-bond acceptors (Lipinski definition) is 3. The number of carbonyl (C=O) groups is 1. The molecule has 0 radical (unpaired) electrons. The highest BCUT2D eigenvalue weighted by Crippen LogP contribution is 2.17. The fourth-order valence-corrected chi connectivity index (χ4v) is 3.20. The lowest BCUT2D eigenvalue weighted by atomic mass is 9.96. The summed E-state index contributed by atoms with van der Waals surface area (Å²) in [6, 6.07) is 10.5. The van der Waals surface area contributed by atoms with Crippen molar-refractivity contribution in [1.29, 1.82) is 0 Å². The molecule has 6 heteroatoms. The van der Waals surface area contributed by atoms with Crippen LogP contribution >= 0.6 is 0 Å². The van der Waals surface area contributed by atoms with Gasteiger partial charge in [-0.2, -0.15) is 0 Å². The van der Waals surface area contributed by atoms with Crippen LogP contribution in [0.4, 0.5) is 20.7 Å². The van der Waals surface area contributed by atoms with Crippen LogP contribution in [-0.4, -0.2) is 23.6 Å². The van der Waals surface area contributed by atoms with Gasteiger partial charge < -0.3 is 16.0 Å². The minimum atomic E-state index is -0.189. The van der Waals surface area contributed by atoms with E-state index in [1.54, 1.807) is 30.5 Å². The van der Waals surface area contributed by atoms with Crippen LogP contribution in [0.1, 0.15) is 37.7 Å². The van der Waals surface area contributed by atoms with Crippen LogP contribution in [0.25, 0.3) is 0 Å². The highest BCUT2D eigenvalue weighted by Gasteiger charge is 2.15. The smallest absolute Gasteiger partial charge is 0.319 e. The first-order valence-corrected chi connectivity index (χ1v) is 9.21. The molecule has 1 saturated carbocycles. The van der Waals surface area contributed by atoms with Gasteiger partial charge in [0.1, 0.15) is 11.6 Å². The summed E-state index contributed by atoms with van der Waals surface area (Å²) >= 11 is 0. The van der Waals surface area contributed by atoms with Gasteiger partial charge in [-0.15, -0.1) is 0 Å². The number of nitrogens with one attached hydrogen (secondary N) is 3. The van der Waals surface area contributed by atoms with E-state index in [4.69, 9.17) is 0 Å². The van der Waals surface area contributed by atoms with Crippen molar-refractivity contribution in [3.8, 4) is 0 Å². The van der Waals surface area contributed by atoms with E-state index in [1.807, 2.05) is 6.07 Å². The lowest BCUT2D eigenvalue weighted by Gasteiger charge is -2.22. The molecule has 1 aromatic carbocycles. The zero-order chi connectivity index (χ0) is 18.2. The fourth-order valence-electron chi connectivity index (χ4n) is 3.20. The molecule has 3 N–H and O–H groups in total. The Balaban J connectivity index is 1.42. The summed E-state index contributed by atoms with van der Waals surface area (Å²) in [7, 11) is 0. The van der Waals surface area contributed by atoms with Gasteiger partial charge >= 0.3 is 6.03 Å². The van der Waals surface area contributed by atoms with Gasteiger partial charge in [0.15, 0.2) is 0 Å². The van der Waals surface area contributed by atoms with Gasteiger partial charge in [0.05, 0.1) is 11.9 Å². The number of amides is 2. The van der Waals surface area contributed by atoms with Crippen molar-refractivity contribution in [2.75, 3.05) is 17.2 Å². The molecule has 26 heavy (non-hydrogen) atoms. The molecule has 0 bridgehead atoms. The largest absolute Gasteiger partial charge is 0.370 e. The summed E-state index contributed by atoms with van der Waals surface area (Å²) in [5.74, 6) is 0.505. The molecule has 5 nitrogen and oxygen atoms in total. The van der Waals surface area contributed by atoms with E-state index >= 15 is 0 Å². The van der Waals surface area contributed by atoms with Crippen molar-refractivity contribution in [3.05, 3.63) is 54.0 Å². The fraction of sp³-hybridized carbons (Fsp3) is 0.400. The minimum absolute atomic E-state index is 0.182. The molecule has 0 aliphatic heterocycles. The lowest BCUT2D eigenvalue weighted by Crippen LogP contribution is -2.39. The predicted octanol–water partition coefficient (Wildman–Crippen LogP) is 4.33. The summed E-state index contributed by atoms with van der Waals surface area (Å²) < 4.78 is 13.6. The number of hydrogen-bond donors (Lipinski definition) is 3. The number of nitrogens with zero attached hydrogens (tertiary/aromatic N) is 1. The van der Waals surface area contributed by atoms with E-state index < -0.39 is 0 Å². The quantitative estimate of drug-likeness (QED) is 0.722. The van der Waals surface area contributed by atoms with Crippen molar-refractivity contribution < 1.29 is 9.18 Å². The van der Waals surface area contributed by atoms with E-state index in [1.165, 1.54) is 25.3 Å². The molecule has 1 aromatic heterocycles. The van der Waals surface area contributed by atoms with Gasteiger partial charge in [0.2, 0.25) is 0 Å². The predicted molar refractivity (Wildman–Crippen MR) is 102 cm³/mol. The molecular formula is C20H25FN4O. The summed E-state index contributed by atoms with van der Waals surface area (Å²) in [5, 5.41) is 8.99. The Morgan fingerprint density at radius 1 is 1.12 bits per heavy atom. The lowest BCUT2D eigenvalue weighted by molar-refractivity contribution is 0.244. The molecule has 0 saturated heterocycles. The maximum Gasteiger partial charge on any atom is 0.319 e. The zero-order valence-electron chi connectivity index (χ0n) is 14.8. The number of benzene rings is 1. The molecule has 1 aliphatic carbocycles. The second kappa shape index (κ2) is 9.17. The van der Waals surface area contributed by atoms with Crippen molar-refractivity contribution in [2.24, 2.45) is 0 Å². The normalized spacial score (nSPS) is 14.7. The summed E-state index contributed by atoms with van der Waals surface area (Å²) in [5.41, 5.74) is 1.33. The SMILES string of the molecule is O=C(Nc1ccc(NCCc2ccccc2F)nc1)NC1CCCCC1. The van der Waals surface area contributed by atoms with Gasteiger partial charge in [-0.25, -0.2) is 14.2 Å². The van der Waals surface area contributed by atoms with E-state index in [0.717, 1.165) is 12.8 Å². The van der Waals surface area contributed by atoms with E-state index in [0.29, 0.717) is 30.0 Å². The van der Waals surface area contributed by atoms with Crippen LogP contribution in [0.15, 0.2) is 42.6 Å². The Hall–Kier alpha value is -2.63. The van der Waals surface area contributed by atoms with Crippen LogP contribution in [0, 0.1) is 5.82 Å². The third-order valence-corrected chi connectivity index (χ3v) is 4.62. The van der Waals surface area contributed by atoms with Crippen LogP contribution in [0.2, 0.25) is 0 Å². The summed E-state index contributed by atoms with van der Waals surface area (Å²) in [4.78, 5) is 16.3. The number of carbonyl (C=O) groups excluding carboxylic acids is 1. The molecular weight excluding hydrogens is 331 g/mol. The third-order valence-electron chi connectivity index (χ3n) is 4.62. The Labute approximate surface area is 153 Å². The van der Waals surface area contributed by atoms with Crippen LogP contribution in [0.3, 0.4) is 0 Å². The maximum atomic E-state index is 13.6. The Morgan fingerprint density at radius 2 is 1.92 bits per heavy atom. The van der Waals surface area contributed by atoms with Gasteiger partial charge in [-0.1, -0.05) is 37.5 Å². The highest BCUT2D eigenvalue weighted by atomic mass is 19.1. The standard InChI is InChI=1S/C20H25FN4O/c21-18-9-5-4-6-15(18)12-13-22-19-11-10-17(14-23-19)25-20(26)24-16-7-2-1-3-8-16/h4-6,9-11,14,16H,1-3,7-8,12-13H2,(H,22,23)(H2,24,25,26). The van der Waals surface area contributed by atoms with Crippen molar-refractivity contribution in [2.45, 2.75) is 44.6 Å². The van der Waals surface area contributed by atoms with Crippen molar-refractivity contribution >= 4 is 17.5 Å². The second-order valence-electron chi connectivity index (χ2n) is 6.63. The molecule has 1 heterocycles. The number of aromatic nitrogens is 1. The molecule has 0 unspecified atom stereocenters. The molecule has 0 atom stereocenters. The Kier molecular flexibility index (Phi) is 6.41. The van der Waals surface area contributed by atoms with E-state index in [2.05, 4.69) is 20.9 Å². The number of urea groups is 1. The molecule has 1 fully saturated rings. The number of pyridine rings is 1. The molecule has 138 valence electrons. The minimum Gasteiger partial charge on any atom is -0.370 e. The first kappa shape index (κ1) is 18.2. The highest BCUT2D eigenvalue weighted by molar-refractivity contribution is 5.89.